The molecule has 0 aliphatic carbocycles. The summed E-state index contributed by atoms with van der Waals surface area (Å²) in [5, 5.41) is 8.63. The van der Waals surface area contributed by atoms with Crippen molar-refractivity contribution in [2.45, 2.75) is 0 Å². The topological polar surface area (TPSA) is 35.2 Å². The van der Waals surface area contributed by atoms with Gasteiger partial charge < -0.3 is 4.90 Å². The van der Waals surface area contributed by atoms with Gasteiger partial charge in [0.05, 0.1) is 5.52 Å². The molecule has 1 N–H and O–H groups in total. The molecule has 0 amide bonds. The third-order valence-corrected chi connectivity index (χ3v) is 3.31. The quantitative estimate of drug-likeness (QED) is 0.768. The molecule has 1 aliphatic rings. The first kappa shape index (κ1) is 9.93. The number of aromatic nitrogens is 2. The fourth-order valence-electron chi connectivity index (χ4n) is 2.08. The normalized spacial score (nSPS) is 18.2. The molecule has 0 saturated carbocycles. The van der Waals surface area contributed by atoms with Crippen LogP contribution in [0.3, 0.4) is 0 Å². The molecular formula is C11H13ClN4. The molecule has 16 heavy (non-hydrogen) atoms. The lowest BCUT2D eigenvalue weighted by molar-refractivity contribution is 0.415. The van der Waals surface area contributed by atoms with Gasteiger partial charge in [0, 0.05) is 31.6 Å². The lowest BCUT2D eigenvalue weighted by atomic mass is 10.2. The SMILES string of the molecule is ClN1CCN(c2n[nH]c3ccccc23)CC1. The van der Waals surface area contributed by atoms with Gasteiger partial charge in [0.2, 0.25) is 0 Å². The molecule has 1 saturated heterocycles. The molecule has 0 radical (unpaired) electrons. The summed E-state index contributed by atoms with van der Waals surface area (Å²) in [5.74, 6) is 1.04. The monoisotopic (exact) mass is 236 g/mol. The van der Waals surface area contributed by atoms with Crippen molar-refractivity contribution in [1.29, 1.82) is 0 Å². The van der Waals surface area contributed by atoms with Crippen LogP contribution in [0.4, 0.5) is 5.82 Å². The third-order valence-electron chi connectivity index (χ3n) is 2.97. The summed E-state index contributed by atoms with van der Waals surface area (Å²) in [7, 11) is 0. The number of anilines is 1. The van der Waals surface area contributed by atoms with Crippen molar-refractivity contribution < 1.29 is 0 Å². The van der Waals surface area contributed by atoms with Crippen LogP contribution in [0.2, 0.25) is 0 Å². The van der Waals surface area contributed by atoms with Crippen LogP contribution < -0.4 is 4.90 Å². The zero-order chi connectivity index (χ0) is 11.0. The minimum Gasteiger partial charge on any atom is -0.352 e. The molecule has 5 heteroatoms. The van der Waals surface area contributed by atoms with Crippen molar-refractivity contribution in [2.75, 3.05) is 31.1 Å². The predicted molar refractivity (Wildman–Crippen MR) is 65.7 cm³/mol. The van der Waals surface area contributed by atoms with E-state index in [1.54, 1.807) is 0 Å². The van der Waals surface area contributed by atoms with Crippen LogP contribution >= 0.6 is 11.8 Å². The van der Waals surface area contributed by atoms with E-state index in [4.69, 9.17) is 11.8 Å². The number of H-pyrrole nitrogens is 1. The molecule has 1 fully saturated rings. The highest BCUT2D eigenvalue weighted by Gasteiger charge is 2.19. The summed E-state index contributed by atoms with van der Waals surface area (Å²) in [6, 6.07) is 8.20. The van der Waals surface area contributed by atoms with E-state index in [2.05, 4.69) is 21.2 Å². The fourth-order valence-corrected chi connectivity index (χ4v) is 2.24. The van der Waals surface area contributed by atoms with Gasteiger partial charge in [0.1, 0.15) is 0 Å². The van der Waals surface area contributed by atoms with Crippen LogP contribution in [0.1, 0.15) is 0 Å². The van der Waals surface area contributed by atoms with Gasteiger partial charge in [-0.3, -0.25) is 5.10 Å². The minimum absolute atomic E-state index is 0.878. The molecule has 2 aromatic rings. The lowest BCUT2D eigenvalue weighted by Gasteiger charge is -2.30. The number of nitrogens with one attached hydrogen (secondary N) is 1. The largest absolute Gasteiger partial charge is 0.352 e. The fraction of sp³-hybridized carbons (Fsp3) is 0.364. The Morgan fingerprint density at radius 1 is 1.12 bits per heavy atom. The van der Waals surface area contributed by atoms with Gasteiger partial charge in [0.15, 0.2) is 5.82 Å². The van der Waals surface area contributed by atoms with Crippen LogP contribution in [-0.4, -0.2) is 40.8 Å². The summed E-state index contributed by atoms with van der Waals surface area (Å²) in [6.07, 6.45) is 0. The molecule has 0 spiro atoms. The molecule has 2 heterocycles. The predicted octanol–water partition coefficient (Wildman–Crippen LogP) is 1.84. The van der Waals surface area contributed by atoms with Crippen molar-refractivity contribution >= 4 is 28.5 Å². The Bertz CT molecular complexity index is 487. The molecule has 1 aromatic carbocycles. The molecule has 84 valence electrons. The summed E-state index contributed by atoms with van der Waals surface area (Å²) in [4.78, 5) is 2.28. The first-order valence-corrected chi connectivity index (χ1v) is 5.77. The average Bonchev–Trinajstić information content (AvgIpc) is 2.74. The second kappa shape index (κ2) is 3.96. The van der Waals surface area contributed by atoms with E-state index in [-0.39, 0.29) is 0 Å². The Kier molecular flexibility index (Phi) is 2.46. The van der Waals surface area contributed by atoms with Crippen LogP contribution in [0.15, 0.2) is 24.3 Å². The number of aromatic amines is 1. The van der Waals surface area contributed by atoms with Crippen LogP contribution in [0.25, 0.3) is 10.9 Å². The first-order valence-electron chi connectivity index (χ1n) is 5.43. The van der Waals surface area contributed by atoms with E-state index in [0.29, 0.717) is 0 Å². The Labute approximate surface area is 98.9 Å². The molecule has 0 atom stereocenters. The highest BCUT2D eigenvalue weighted by atomic mass is 35.5. The number of benzene rings is 1. The molecule has 3 rings (SSSR count). The maximum Gasteiger partial charge on any atom is 0.158 e. The van der Waals surface area contributed by atoms with Crippen molar-refractivity contribution in [1.82, 2.24) is 14.6 Å². The second-order valence-electron chi connectivity index (χ2n) is 3.99. The molecule has 0 unspecified atom stereocenters. The molecule has 1 aliphatic heterocycles. The van der Waals surface area contributed by atoms with Crippen LogP contribution in [0, 0.1) is 0 Å². The Balaban J connectivity index is 1.94. The van der Waals surface area contributed by atoms with Crippen molar-refractivity contribution in [2.24, 2.45) is 0 Å². The van der Waals surface area contributed by atoms with Gasteiger partial charge in [-0.15, -0.1) is 0 Å². The summed E-state index contributed by atoms with van der Waals surface area (Å²) in [6.45, 7) is 3.61. The third kappa shape index (κ3) is 1.64. The number of fused-ring (bicyclic) bond motifs is 1. The van der Waals surface area contributed by atoms with E-state index in [1.165, 1.54) is 5.39 Å². The molecule has 1 aromatic heterocycles. The molecular weight excluding hydrogens is 224 g/mol. The highest BCUT2D eigenvalue weighted by molar-refractivity contribution is 6.13. The van der Waals surface area contributed by atoms with Gasteiger partial charge in [-0.05, 0) is 23.9 Å². The van der Waals surface area contributed by atoms with E-state index in [1.807, 2.05) is 22.6 Å². The maximum absolute atomic E-state index is 5.94. The van der Waals surface area contributed by atoms with Crippen molar-refractivity contribution in [3.05, 3.63) is 24.3 Å². The Morgan fingerprint density at radius 2 is 1.88 bits per heavy atom. The number of hydrogen-bond donors (Lipinski definition) is 1. The Morgan fingerprint density at radius 3 is 2.69 bits per heavy atom. The lowest BCUT2D eigenvalue weighted by Crippen LogP contribution is -2.42. The van der Waals surface area contributed by atoms with Gasteiger partial charge in [-0.25, -0.2) is 4.42 Å². The van der Waals surface area contributed by atoms with E-state index >= 15 is 0 Å². The average molecular weight is 237 g/mol. The smallest absolute Gasteiger partial charge is 0.158 e. The Hall–Kier alpha value is -1.26. The summed E-state index contributed by atoms with van der Waals surface area (Å²) >= 11 is 5.94. The number of halogens is 1. The molecule has 0 bridgehead atoms. The van der Waals surface area contributed by atoms with Crippen molar-refractivity contribution in [3.8, 4) is 0 Å². The van der Waals surface area contributed by atoms with Gasteiger partial charge in [0.25, 0.3) is 0 Å². The zero-order valence-electron chi connectivity index (χ0n) is 8.86. The van der Waals surface area contributed by atoms with E-state index < -0.39 is 0 Å². The van der Waals surface area contributed by atoms with Gasteiger partial charge >= 0.3 is 0 Å². The van der Waals surface area contributed by atoms with Crippen LogP contribution in [0.5, 0.6) is 0 Å². The number of nitrogens with zero attached hydrogens (tertiary/aromatic N) is 3. The number of piperazine rings is 1. The maximum atomic E-state index is 5.94. The number of hydrogen-bond acceptors (Lipinski definition) is 3. The van der Waals surface area contributed by atoms with E-state index in [9.17, 15) is 0 Å². The second-order valence-corrected chi connectivity index (χ2v) is 4.47. The zero-order valence-corrected chi connectivity index (χ0v) is 9.61. The first-order chi connectivity index (χ1) is 7.84. The summed E-state index contributed by atoms with van der Waals surface area (Å²) in [5.41, 5.74) is 1.09. The standard InChI is InChI=1S/C11H13ClN4/c12-16-7-5-15(6-8-16)11-9-3-1-2-4-10(9)13-14-11/h1-4H,5-8H2,(H,13,14). The number of para-hydroxylation sites is 1. The molecule has 4 nitrogen and oxygen atoms in total. The van der Waals surface area contributed by atoms with Crippen LogP contribution in [-0.2, 0) is 0 Å². The van der Waals surface area contributed by atoms with Gasteiger partial charge in [-0.1, -0.05) is 12.1 Å². The van der Waals surface area contributed by atoms with E-state index in [0.717, 1.165) is 37.5 Å². The van der Waals surface area contributed by atoms with Gasteiger partial charge in [-0.2, -0.15) is 5.10 Å². The summed E-state index contributed by atoms with van der Waals surface area (Å²) < 4.78 is 1.82. The number of rotatable bonds is 1. The van der Waals surface area contributed by atoms with Crippen molar-refractivity contribution in [3.63, 3.8) is 0 Å². The minimum atomic E-state index is 0.878. The highest BCUT2D eigenvalue weighted by Crippen LogP contribution is 2.24.